The van der Waals surface area contributed by atoms with Crippen LogP contribution in [0, 0.1) is 5.92 Å². The van der Waals surface area contributed by atoms with E-state index in [2.05, 4.69) is 92.0 Å². The van der Waals surface area contributed by atoms with Crippen molar-refractivity contribution in [1.29, 1.82) is 0 Å². The molecule has 3 rings (SSSR count). The zero-order valence-corrected chi connectivity index (χ0v) is 15.5. The Balaban J connectivity index is 2.28. The van der Waals surface area contributed by atoms with E-state index in [-0.39, 0.29) is 12.6 Å². The van der Waals surface area contributed by atoms with Crippen molar-refractivity contribution in [2.24, 2.45) is 5.92 Å². The molecule has 2 N–H and O–H groups in total. The third-order valence-corrected chi connectivity index (χ3v) is 5.02. The Bertz CT molecular complexity index is 688. The molecule has 3 aromatic rings. The fourth-order valence-electron chi connectivity index (χ4n) is 3.52. The zero-order valence-electron chi connectivity index (χ0n) is 15.5. The molecule has 0 saturated heterocycles. The minimum absolute atomic E-state index is 0.0318. The van der Waals surface area contributed by atoms with Crippen LogP contribution >= 0.6 is 0 Å². The Labute approximate surface area is 156 Å². The fraction of sp³-hybridized carbons (Fsp3) is 0.250. The van der Waals surface area contributed by atoms with Gasteiger partial charge in [-0.05, 0) is 22.6 Å². The second-order valence-corrected chi connectivity index (χ2v) is 7.03. The van der Waals surface area contributed by atoms with Crippen molar-refractivity contribution in [3.8, 4) is 0 Å². The van der Waals surface area contributed by atoms with Crippen molar-refractivity contribution < 1.29 is 5.11 Å². The lowest BCUT2D eigenvalue weighted by Crippen LogP contribution is -2.52. The Morgan fingerprint density at radius 3 is 1.31 bits per heavy atom. The number of hydrogen-bond acceptors (Lipinski definition) is 2. The molecule has 0 radical (unpaired) electrons. The molecule has 26 heavy (non-hydrogen) atoms. The van der Waals surface area contributed by atoms with Crippen LogP contribution in [0.4, 0.5) is 0 Å². The van der Waals surface area contributed by atoms with Gasteiger partial charge < -0.3 is 5.11 Å². The first-order valence-electron chi connectivity index (χ1n) is 9.23. The van der Waals surface area contributed by atoms with Gasteiger partial charge >= 0.3 is 0 Å². The molecule has 1 atom stereocenters. The molecule has 0 saturated carbocycles. The standard InChI is InChI=1S/C24H27NO/c1-19(2)23(18-26)25-24(20-12-6-3-7-13-20,21-14-8-4-9-15-21)22-16-10-5-11-17-22/h3-17,19,23,25-26H,18H2,1-2H3/t23-/m1/s1. The van der Waals surface area contributed by atoms with Gasteiger partial charge in [-0.15, -0.1) is 0 Å². The summed E-state index contributed by atoms with van der Waals surface area (Å²) in [5, 5.41) is 13.9. The molecule has 0 heterocycles. The molecular formula is C24H27NO. The molecule has 2 heteroatoms. The van der Waals surface area contributed by atoms with E-state index in [9.17, 15) is 5.11 Å². The zero-order chi connectivity index (χ0) is 18.4. The summed E-state index contributed by atoms with van der Waals surface area (Å²) < 4.78 is 0. The maximum Gasteiger partial charge on any atom is 0.0950 e. The second-order valence-electron chi connectivity index (χ2n) is 7.03. The molecule has 0 aliphatic carbocycles. The first-order valence-corrected chi connectivity index (χ1v) is 9.23. The molecule has 0 aliphatic heterocycles. The van der Waals surface area contributed by atoms with Crippen molar-refractivity contribution in [2.75, 3.05) is 6.61 Å². The van der Waals surface area contributed by atoms with Crippen molar-refractivity contribution in [1.82, 2.24) is 5.32 Å². The molecule has 0 fully saturated rings. The van der Waals surface area contributed by atoms with E-state index in [1.54, 1.807) is 0 Å². The van der Waals surface area contributed by atoms with Gasteiger partial charge in [0, 0.05) is 6.04 Å². The Kier molecular flexibility index (Phi) is 5.87. The van der Waals surface area contributed by atoms with Crippen LogP contribution in [0.25, 0.3) is 0 Å². The highest BCUT2D eigenvalue weighted by atomic mass is 16.3. The Morgan fingerprint density at radius 2 is 1.04 bits per heavy atom. The summed E-state index contributed by atoms with van der Waals surface area (Å²) in [6.07, 6.45) is 0. The summed E-state index contributed by atoms with van der Waals surface area (Å²) in [6, 6.07) is 31.4. The van der Waals surface area contributed by atoms with Crippen LogP contribution in [0.15, 0.2) is 91.0 Å². The van der Waals surface area contributed by atoms with Crippen LogP contribution in [0.3, 0.4) is 0 Å². The van der Waals surface area contributed by atoms with Gasteiger partial charge in [0.25, 0.3) is 0 Å². The van der Waals surface area contributed by atoms with Crippen LogP contribution in [-0.2, 0) is 5.54 Å². The number of nitrogens with one attached hydrogen (secondary N) is 1. The van der Waals surface area contributed by atoms with Crippen molar-refractivity contribution in [3.05, 3.63) is 108 Å². The van der Waals surface area contributed by atoms with Gasteiger partial charge in [-0.3, -0.25) is 5.32 Å². The number of hydrogen-bond donors (Lipinski definition) is 2. The minimum atomic E-state index is -0.526. The first-order chi connectivity index (χ1) is 12.7. The van der Waals surface area contributed by atoms with Crippen LogP contribution in [0.2, 0.25) is 0 Å². The number of benzene rings is 3. The SMILES string of the molecule is CC(C)[C@@H](CO)NC(c1ccccc1)(c1ccccc1)c1ccccc1. The van der Waals surface area contributed by atoms with E-state index in [1.807, 2.05) is 18.2 Å². The van der Waals surface area contributed by atoms with Gasteiger partial charge in [0.2, 0.25) is 0 Å². The average Bonchev–Trinajstić information content (AvgIpc) is 2.71. The van der Waals surface area contributed by atoms with Crippen LogP contribution in [-0.4, -0.2) is 17.8 Å². The summed E-state index contributed by atoms with van der Waals surface area (Å²) >= 11 is 0. The number of aliphatic hydroxyl groups is 1. The fourth-order valence-corrected chi connectivity index (χ4v) is 3.52. The largest absolute Gasteiger partial charge is 0.395 e. The molecule has 0 unspecified atom stereocenters. The molecule has 0 bridgehead atoms. The van der Waals surface area contributed by atoms with Crippen molar-refractivity contribution >= 4 is 0 Å². The molecular weight excluding hydrogens is 318 g/mol. The molecule has 134 valence electrons. The van der Waals surface area contributed by atoms with Gasteiger partial charge in [-0.25, -0.2) is 0 Å². The maximum atomic E-state index is 10.0. The van der Waals surface area contributed by atoms with E-state index < -0.39 is 5.54 Å². The molecule has 0 aromatic heterocycles. The Hall–Kier alpha value is -2.42. The lowest BCUT2D eigenvalue weighted by atomic mass is 9.76. The van der Waals surface area contributed by atoms with E-state index >= 15 is 0 Å². The van der Waals surface area contributed by atoms with E-state index in [0.717, 1.165) is 16.7 Å². The van der Waals surface area contributed by atoms with Crippen LogP contribution in [0.5, 0.6) is 0 Å². The molecule has 0 spiro atoms. The van der Waals surface area contributed by atoms with Crippen LogP contribution < -0.4 is 5.32 Å². The summed E-state index contributed by atoms with van der Waals surface area (Å²) in [7, 11) is 0. The number of aliphatic hydroxyl groups excluding tert-OH is 1. The van der Waals surface area contributed by atoms with E-state index in [0.29, 0.717) is 5.92 Å². The van der Waals surface area contributed by atoms with Crippen molar-refractivity contribution in [3.63, 3.8) is 0 Å². The molecule has 2 nitrogen and oxygen atoms in total. The highest BCUT2D eigenvalue weighted by Crippen LogP contribution is 2.37. The summed E-state index contributed by atoms with van der Waals surface area (Å²) in [4.78, 5) is 0. The first kappa shape index (κ1) is 18.4. The monoisotopic (exact) mass is 345 g/mol. The third-order valence-electron chi connectivity index (χ3n) is 5.02. The van der Waals surface area contributed by atoms with Gasteiger partial charge in [-0.1, -0.05) is 105 Å². The highest BCUT2D eigenvalue weighted by molar-refractivity contribution is 5.49. The lowest BCUT2D eigenvalue weighted by molar-refractivity contribution is 0.189. The summed E-state index contributed by atoms with van der Waals surface area (Å²) in [5.74, 6) is 0.301. The van der Waals surface area contributed by atoms with Gasteiger partial charge in [0.05, 0.1) is 12.1 Å². The minimum Gasteiger partial charge on any atom is -0.395 e. The smallest absolute Gasteiger partial charge is 0.0950 e. The quantitative estimate of drug-likeness (QED) is 0.614. The van der Waals surface area contributed by atoms with E-state index in [1.165, 1.54) is 0 Å². The highest BCUT2D eigenvalue weighted by Gasteiger charge is 2.38. The molecule has 0 amide bonds. The molecule has 3 aromatic carbocycles. The van der Waals surface area contributed by atoms with Gasteiger partial charge in [0.1, 0.15) is 0 Å². The average molecular weight is 345 g/mol. The van der Waals surface area contributed by atoms with Crippen LogP contribution in [0.1, 0.15) is 30.5 Å². The van der Waals surface area contributed by atoms with Crippen molar-refractivity contribution in [2.45, 2.75) is 25.4 Å². The van der Waals surface area contributed by atoms with Gasteiger partial charge in [-0.2, -0.15) is 0 Å². The lowest BCUT2D eigenvalue weighted by Gasteiger charge is -2.41. The molecule has 0 aliphatic rings. The normalized spacial score (nSPS) is 12.9. The maximum absolute atomic E-state index is 10.0. The van der Waals surface area contributed by atoms with E-state index in [4.69, 9.17) is 0 Å². The number of rotatable bonds is 7. The summed E-state index contributed by atoms with van der Waals surface area (Å²) in [5.41, 5.74) is 2.96. The van der Waals surface area contributed by atoms with Gasteiger partial charge in [0.15, 0.2) is 0 Å². The third kappa shape index (κ3) is 3.57. The Morgan fingerprint density at radius 1 is 0.692 bits per heavy atom. The predicted molar refractivity (Wildman–Crippen MR) is 108 cm³/mol. The summed E-state index contributed by atoms with van der Waals surface area (Å²) in [6.45, 7) is 4.37. The second kappa shape index (κ2) is 8.31. The predicted octanol–water partition coefficient (Wildman–Crippen LogP) is 4.59. The topological polar surface area (TPSA) is 32.3 Å².